The molecule has 4 unspecified atom stereocenters. The summed E-state index contributed by atoms with van der Waals surface area (Å²) in [7, 11) is 1.40. The number of rotatable bonds is 4. The van der Waals surface area contributed by atoms with E-state index in [0.717, 1.165) is 9.80 Å². The van der Waals surface area contributed by atoms with Crippen molar-refractivity contribution >= 4 is 11.9 Å². The van der Waals surface area contributed by atoms with Crippen LogP contribution in [-0.4, -0.2) is 104 Å². The van der Waals surface area contributed by atoms with Gasteiger partial charge in [0.1, 0.15) is 18.3 Å². The molecule has 0 spiro atoms. The van der Waals surface area contributed by atoms with Crippen LogP contribution in [0.4, 0.5) is 0 Å². The van der Waals surface area contributed by atoms with Gasteiger partial charge in [0.05, 0.1) is 31.8 Å². The Morgan fingerprint density at radius 2 is 1.57 bits per heavy atom. The van der Waals surface area contributed by atoms with Crippen LogP contribution in [0.5, 0.6) is 0 Å². The van der Waals surface area contributed by atoms with E-state index in [0.29, 0.717) is 0 Å². The summed E-state index contributed by atoms with van der Waals surface area (Å²) < 4.78 is 0. The smallest absolute Gasteiger partial charge is 0.243 e. The van der Waals surface area contributed by atoms with Crippen molar-refractivity contribution < 1.29 is 30.3 Å². The number of piperidine rings is 1. The molecule has 1 aliphatic rings. The zero-order valence-corrected chi connectivity index (χ0v) is 11.6. The van der Waals surface area contributed by atoms with Gasteiger partial charge in [-0.25, -0.2) is 0 Å². The number of amides is 1. The predicted octanol–water partition coefficient (Wildman–Crippen LogP) is -4.54. The lowest BCUT2D eigenvalue weighted by atomic mass is 9.88. The molecule has 0 aromatic rings. The van der Waals surface area contributed by atoms with Gasteiger partial charge in [-0.05, 0) is 0 Å². The molecule has 1 rings (SSSR count). The molecule has 0 radical (unpaired) electrons. The van der Waals surface area contributed by atoms with Gasteiger partial charge in [-0.3, -0.25) is 10.2 Å². The van der Waals surface area contributed by atoms with E-state index in [9.17, 15) is 30.3 Å². The number of hydrogen-bond donors (Lipinski definition) is 7. The van der Waals surface area contributed by atoms with Crippen LogP contribution in [0.15, 0.2) is 0 Å². The van der Waals surface area contributed by atoms with Crippen LogP contribution >= 0.6 is 0 Å². The van der Waals surface area contributed by atoms with Crippen LogP contribution in [0.3, 0.4) is 0 Å². The minimum Gasteiger partial charge on any atom is -0.394 e. The van der Waals surface area contributed by atoms with Crippen molar-refractivity contribution in [1.29, 1.82) is 5.41 Å². The van der Waals surface area contributed by atoms with Gasteiger partial charge in [0.25, 0.3) is 0 Å². The summed E-state index contributed by atoms with van der Waals surface area (Å²) in [5.41, 5.74) is 5.23. The van der Waals surface area contributed by atoms with Gasteiger partial charge >= 0.3 is 0 Å². The molecule has 0 bridgehead atoms. The number of guanidine groups is 1. The molecule has 10 nitrogen and oxygen atoms in total. The second-order valence-corrected chi connectivity index (χ2v) is 5.01. The quantitative estimate of drug-likeness (QED) is 0.201. The first-order chi connectivity index (χ1) is 9.76. The third-order valence-electron chi connectivity index (χ3n) is 3.65. The first-order valence-electron chi connectivity index (χ1n) is 6.38. The Morgan fingerprint density at radius 3 is 1.90 bits per heavy atom. The first-order valence-corrected chi connectivity index (χ1v) is 6.38. The SMILES string of the molecule is CN(CC(=O)N1C(CO)C(O)C(O)C(O)C1CO)C(=N)N. The van der Waals surface area contributed by atoms with Crippen LogP contribution in [-0.2, 0) is 4.79 Å². The maximum absolute atomic E-state index is 12.3. The molecule has 10 heteroatoms. The highest BCUT2D eigenvalue weighted by Gasteiger charge is 2.49. The van der Waals surface area contributed by atoms with Crippen molar-refractivity contribution in [2.45, 2.75) is 30.4 Å². The summed E-state index contributed by atoms with van der Waals surface area (Å²) >= 11 is 0. The Hall–Kier alpha value is -1.46. The molecule has 1 fully saturated rings. The lowest BCUT2D eigenvalue weighted by molar-refractivity contribution is -0.187. The van der Waals surface area contributed by atoms with Gasteiger partial charge in [-0.1, -0.05) is 0 Å². The van der Waals surface area contributed by atoms with Crippen molar-refractivity contribution in [2.24, 2.45) is 5.73 Å². The third kappa shape index (κ3) is 3.41. The van der Waals surface area contributed by atoms with Crippen molar-refractivity contribution in [1.82, 2.24) is 9.80 Å². The molecule has 122 valence electrons. The molecule has 0 saturated carbocycles. The number of carbonyl (C=O) groups is 1. The van der Waals surface area contributed by atoms with Gasteiger partial charge in [-0.15, -0.1) is 0 Å². The van der Waals surface area contributed by atoms with Crippen molar-refractivity contribution in [3.05, 3.63) is 0 Å². The van der Waals surface area contributed by atoms with Gasteiger partial charge in [0.15, 0.2) is 5.96 Å². The number of nitrogens with zero attached hydrogens (tertiary/aromatic N) is 2. The summed E-state index contributed by atoms with van der Waals surface area (Å²) in [6, 6.07) is -2.35. The number of hydrogen-bond acceptors (Lipinski definition) is 7. The third-order valence-corrected chi connectivity index (χ3v) is 3.65. The molecule has 1 amide bonds. The van der Waals surface area contributed by atoms with Gasteiger partial charge in [-0.2, -0.15) is 0 Å². The number of aliphatic hydroxyl groups excluding tert-OH is 5. The van der Waals surface area contributed by atoms with Gasteiger partial charge in [0.2, 0.25) is 5.91 Å². The fourth-order valence-electron chi connectivity index (χ4n) is 2.36. The fourth-order valence-corrected chi connectivity index (χ4v) is 2.36. The fraction of sp³-hybridized carbons (Fsp3) is 0.818. The van der Waals surface area contributed by atoms with Gasteiger partial charge in [0, 0.05) is 7.05 Å². The van der Waals surface area contributed by atoms with E-state index in [1.807, 2.05) is 0 Å². The summed E-state index contributed by atoms with van der Waals surface area (Å²) in [6.45, 7) is -1.65. The first kappa shape index (κ1) is 17.6. The molecule has 1 heterocycles. The van der Waals surface area contributed by atoms with E-state index in [2.05, 4.69) is 0 Å². The van der Waals surface area contributed by atoms with Gasteiger partial charge < -0.3 is 41.1 Å². The molecule has 0 aromatic carbocycles. The van der Waals surface area contributed by atoms with Crippen molar-refractivity contribution in [3.8, 4) is 0 Å². The Labute approximate surface area is 121 Å². The highest BCUT2D eigenvalue weighted by molar-refractivity contribution is 5.84. The molecule has 1 aliphatic heterocycles. The molecule has 4 atom stereocenters. The topological polar surface area (TPSA) is 175 Å². The van der Waals surface area contributed by atoms with E-state index in [1.54, 1.807) is 0 Å². The predicted molar refractivity (Wildman–Crippen MR) is 71.2 cm³/mol. The average Bonchev–Trinajstić information content (AvgIpc) is 2.44. The second-order valence-electron chi connectivity index (χ2n) is 5.01. The monoisotopic (exact) mass is 306 g/mol. The molecule has 1 saturated heterocycles. The number of aliphatic hydroxyl groups is 5. The summed E-state index contributed by atoms with van der Waals surface area (Å²) in [4.78, 5) is 14.3. The average molecular weight is 306 g/mol. The Balaban J connectivity index is 3.02. The lowest BCUT2D eigenvalue weighted by Gasteiger charge is -2.48. The Bertz CT molecular complexity index is 377. The molecular formula is C11H22N4O6. The summed E-state index contributed by atoms with van der Waals surface area (Å²) in [5.74, 6) is -1.02. The number of carbonyl (C=O) groups excluding carboxylic acids is 1. The highest BCUT2D eigenvalue weighted by Crippen LogP contribution is 2.24. The Morgan fingerprint density at radius 1 is 1.14 bits per heavy atom. The van der Waals surface area contributed by atoms with E-state index in [4.69, 9.17) is 11.1 Å². The van der Waals surface area contributed by atoms with Crippen LogP contribution < -0.4 is 5.73 Å². The summed E-state index contributed by atoms with van der Waals surface area (Å²) in [5, 5.41) is 55.3. The molecule has 21 heavy (non-hydrogen) atoms. The number of nitrogens with one attached hydrogen (secondary N) is 1. The zero-order valence-electron chi connectivity index (χ0n) is 11.6. The van der Waals surface area contributed by atoms with E-state index >= 15 is 0 Å². The van der Waals surface area contributed by atoms with E-state index in [1.165, 1.54) is 7.05 Å². The molecule has 8 N–H and O–H groups in total. The number of nitrogens with two attached hydrogens (primary N) is 1. The zero-order chi connectivity index (χ0) is 16.3. The second kappa shape index (κ2) is 7.00. The maximum Gasteiger partial charge on any atom is 0.243 e. The van der Waals surface area contributed by atoms with Crippen LogP contribution in [0.25, 0.3) is 0 Å². The van der Waals surface area contributed by atoms with Crippen LogP contribution in [0, 0.1) is 5.41 Å². The standard InChI is InChI=1S/C11H22N4O6/c1-14(11(12)13)2-7(18)15-5(3-16)8(19)10(21)9(20)6(15)4-17/h5-6,8-10,16-17,19-21H,2-4H2,1H3,(H3,12,13). The largest absolute Gasteiger partial charge is 0.394 e. The van der Waals surface area contributed by atoms with Crippen LogP contribution in [0.2, 0.25) is 0 Å². The summed E-state index contributed by atoms with van der Waals surface area (Å²) in [6.07, 6.45) is -4.70. The molecule has 0 aromatic heterocycles. The minimum atomic E-state index is -1.59. The number of likely N-dealkylation sites (N-methyl/N-ethyl adjacent to an activating group) is 1. The van der Waals surface area contributed by atoms with Crippen molar-refractivity contribution in [2.75, 3.05) is 26.8 Å². The molecular weight excluding hydrogens is 284 g/mol. The number of likely N-dealkylation sites (tertiary alicyclic amines) is 1. The van der Waals surface area contributed by atoms with E-state index in [-0.39, 0.29) is 12.5 Å². The Kier molecular flexibility index (Phi) is 5.87. The highest BCUT2D eigenvalue weighted by atomic mass is 16.4. The van der Waals surface area contributed by atoms with Crippen molar-refractivity contribution in [3.63, 3.8) is 0 Å². The van der Waals surface area contributed by atoms with Crippen LogP contribution in [0.1, 0.15) is 0 Å². The normalized spacial score (nSPS) is 32.9. The minimum absolute atomic E-state index is 0.335. The maximum atomic E-state index is 12.3. The molecule has 0 aliphatic carbocycles. The van der Waals surface area contributed by atoms with E-state index < -0.39 is 49.5 Å². The lowest BCUT2D eigenvalue weighted by Crippen LogP contribution is -2.70.